The van der Waals surface area contributed by atoms with Crippen LogP contribution in [-0.4, -0.2) is 65.4 Å². The van der Waals surface area contributed by atoms with Gasteiger partial charge < -0.3 is 25.6 Å². The Balaban J connectivity index is 2.56. The van der Waals surface area contributed by atoms with Gasteiger partial charge in [-0.3, -0.25) is 4.79 Å². The Labute approximate surface area is 106 Å². The van der Waals surface area contributed by atoms with Crippen LogP contribution in [0, 0.1) is 0 Å². The number of amides is 1. The molecule has 1 heterocycles. The number of aliphatic carboxylic acids is 1. The fraction of sp³-hybridized carbons (Fsp3) is 0.818. The monoisotopic (exact) mass is 260 g/mol. The van der Waals surface area contributed by atoms with Crippen molar-refractivity contribution in [2.45, 2.75) is 37.5 Å². The molecule has 0 aromatic carbocycles. The Kier molecular flexibility index (Phi) is 5.52. The second kappa shape index (κ2) is 6.67. The maximum absolute atomic E-state index is 12.0. The number of aliphatic hydroxyl groups is 1. The Hall–Kier alpha value is -1.18. The van der Waals surface area contributed by atoms with Crippen LogP contribution in [-0.2, 0) is 14.3 Å². The van der Waals surface area contributed by atoms with Gasteiger partial charge in [-0.1, -0.05) is 0 Å². The first-order valence-corrected chi connectivity index (χ1v) is 5.93. The fourth-order valence-electron chi connectivity index (χ4n) is 2.08. The molecule has 1 aliphatic heterocycles. The maximum Gasteiger partial charge on any atom is 0.326 e. The van der Waals surface area contributed by atoms with Crippen molar-refractivity contribution in [3.8, 4) is 0 Å². The first kappa shape index (κ1) is 14.9. The molecule has 1 fully saturated rings. The minimum absolute atomic E-state index is 0.0355. The number of carboxylic acids is 1. The number of aliphatic hydroxyl groups excluding tert-OH is 1. The molecule has 0 aliphatic carbocycles. The van der Waals surface area contributed by atoms with Gasteiger partial charge in [0.25, 0.3) is 0 Å². The third kappa shape index (κ3) is 3.66. The minimum Gasteiger partial charge on any atom is -0.480 e. The van der Waals surface area contributed by atoms with E-state index in [4.69, 9.17) is 15.6 Å². The summed E-state index contributed by atoms with van der Waals surface area (Å²) in [6.45, 7) is 0.541. The van der Waals surface area contributed by atoms with E-state index >= 15 is 0 Å². The zero-order valence-electron chi connectivity index (χ0n) is 10.4. The quantitative estimate of drug-likeness (QED) is 0.516. The standard InChI is InChI=1S/C11H20N2O5/c1-18-4-2-3-8(12)10(15)13-6-7(14)5-9(13)11(16)17/h7-9,14H,2-6,12H2,1H3,(H,16,17)/t7-,8?,9-/m1/s1. The van der Waals surface area contributed by atoms with Crippen LogP contribution in [0.25, 0.3) is 0 Å². The summed E-state index contributed by atoms with van der Waals surface area (Å²) in [5.74, 6) is -1.53. The molecule has 104 valence electrons. The van der Waals surface area contributed by atoms with E-state index in [1.807, 2.05) is 0 Å². The molecule has 7 nitrogen and oxygen atoms in total. The van der Waals surface area contributed by atoms with Gasteiger partial charge in [0.05, 0.1) is 12.1 Å². The molecule has 0 bridgehead atoms. The van der Waals surface area contributed by atoms with Crippen LogP contribution in [0.1, 0.15) is 19.3 Å². The number of carboxylic acid groups (broad SMARTS) is 1. The molecule has 1 aliphatic rings. The molecule has 1 amide bonds. The summed E-state index contributed by atoms with van der Waals surface area (Å²) in [6.07, 6.45) is 0.343. The highest BCUT2D eigenvalue weighted by Crippen LogP contribution is 2.19. The van der Waals surface area contributed by atoms with E-state index < -0.39 is 30.1 Å². The molecule has 0 aromatic heterocycles. The summed E-state index contributed by atoms with van der Waals surface area (Å²) >= 11 is 0. The second-order valence-corrected chi connectivity index (χ2v) is 4.48. The average molecular weight is 260 g/mol. The number of likely N-dealkylation sites (tertiary alicyclic amines) is 1. The number of ether oxygens (including phenoxy) is 1. The number of nitrogens with two attached hydrogens (primary N) is 1. The normalized spacial score (nSPS) is 25.2. The number of carbonyl (C=O) groups excluding carboxylic acids is 1. The summed E-state index contributed by atoms with van der Waals surface area (Å²) < 4.78 is 4.86. The van der Waals surface area contributed by atoms with Gasteiger partial charge in [0.15, 0.2) is 0 Å². The zero-order valence-corrected chi connectivity index (χ0v) is 10.4. The van der Waals surface area contributed by atoms with E-state index in [0.29, 0.717) is 19.4 Å². The van der Waals surface area contributed by atoms with Crippen molar-refractivity contribution in [3.63, 3.8) is 0 Å². The lowest BCUT2D eigenvalue weighted by atomic mass is 10.1. The van der Waals surface area contributed by atoms with Crippen molar-refractivity contribution < 1.29 is 24.5 Å². The smallest absolute Gasteiger partial charge is 0.326 e. The van der Waals surface area contributed by atoms with Crippen molar-refractivity contribution in [1.82, 2.24) is 4.90 Å². The lowest BCUT2D eigenvalue weighted by molar-refractivity contribution is -0.148. The Morgan fingerprint density at radius 1 is 1.56 bits per heavy atom. The van der Waals surface area contributed by atoms with Crippen molar-refractivity contribution >= 4 is 11.9 Å². The average Bonchev–Trinajstić information content (AvgIpc) is 2.70. The molecule has 0 radical (unpaired) electrons. The van der Waals surface area contributed by atoms with E-state index in [1.54, 1.807) is 7.11 Å². The Morgan fingerprint density at radius 2 is 2.22 bits per heavy atom. The second-order valence-electron chi connectivity index (χ2n) is 4.48. The van der Waals surface area contributed by atoms with Crippen LogP contribution in [0.4, 0.5) is 0 Å². The summed E-state index contributed by atoms with van der Waals surface area (Å²) in [5, 5.41) is 18.4. The van der Waals surface area contributed by atoms with E-state index in [1.165, 1.54) is 0 Å². The number of methoxy groups -OCH3 is 1. The summed E-state index contributed by atoms with van der Waals surface area (Å²) in [4.78, 5) is 24.1. The molecule has 18 heavy (non-hydrogen) atoms. The fourth-order valence-corrected chi connectivity index (χ4v) is 2.08. The molecule has 0 spiro atoms. The van der Waals surface area contributed by atoms with Crippen molar-refractivity contribution in [2.75, 3.05) is 20.3 Å². The third-order valence-corrected chi connectivity index (χ3v) is 3.03. The van der Waals surface area contributed by atoms with Crippen LogP contribution in [0.3, 0.4) is 0 Å². The SMILES string of the molecule is COCCCC(N)C(=O)N1C[C@H](O)C[C@@H]1C(=O)O. The molecule has 3 atom stereocenters. The maximum atomic E-state index is 12.0. The van der Waals surface area contributed by atoms with Crippen LogP contribution in [0.2, 0.25) is 0 Å². The number of carbonyl (C=O) groups is 2. The van der Waals surface area contributed by atoms with E-state index in [9.17, 15) is 14.7 Å². The summed E-state index contributed by atoms with van der Waals surface area (Å²) in [5.41, 5.74) is 5.72. The van der Waals surface area contributed by atoms with E-state index in [2.05, 4.69) is 0 Å². The number of β-amino-alcohol motifs (C(OH)–C–C–N with tert-alkyl or cyclic N) is 1. The predicted molar refractivity (Wildman–Crippen MR) is 62.8 cm³/mol. The van der Waals surface area contributed by atoms with Gasteiger partial charge in [-0.2, -0.15) is 0 Å². The van der Waals surface area contributed by atoms with E-state index in [0.717, 1.165) is 4.90 Å². The van der Waals surface area contributed by atoms with Crippen LogP contribution in [0.5, 0.6) is 0 Å². The lowest BCUT2D eigenvalue weighted by Crippen LogP contribution is -2.48. The number of rotatable bonds is 6. The van der Waals surface area contributed by atoms with Crippen molar-refractivity contribution in [1.29, 1.82) is 0 Å². The number of hydrogen-bond acceptors (Lipinski definition) is 5. The minimum atomic E-state index is -1.11. The largest absolute Gasteiger partial charge is 0.480 e. The molecule has 0 saturated carbocycles. The van der Waals surface area contributed by atoms with Crippen molar-refractivity contribution in [3.05, 3.63) is 0 Å². The van der Waals surface area contributed by atoms with Gasteiger partial charge in [-0.15, -0.1) is 0 Å². The summed E-state index contributed by atoms with van der Waals surface area (Å²) in [7, 11) is 1.56. The molecule has 7 heteroatoms. The molecular weight excluding hydrogens is 240 g/mol. The van der Waals surface area contributed by atoms with Gasteiger partial charge in [0.1, 0.15) is 6.04 Å². The Bertz CT molecular complexity index is 310. The summed E-state index contributed by atoms with van der Waals surface area (Å²) in [6, 6.07) is -1.71. The van der Waals surface area contributed by atoms with Gasteiger partial charge in [0, 0.05) is 26.7 Å². The molecule has 1 saturated heterocycles. The molecule has 4 N–H and O–H groups in total. The van der Waals surface area contributed by atoms with E-state index in [-0.39, 0.29) is 13.0 Å². The van der Waals surface area contributed by atoms with Gasteiger partial charge in [0.2, 0.25) is 5.91 Å². The number of nitrogens with zero attached hydrogens (tertiary/aromatic N) is 1. The highest BCUT2D eigenvalue weighted by atomic mass is 16.5. The Morgan fingerprint density at radius 3 is 2.78 bits per heavy atom. The van der Waals surface area contributed by atoms with Gasteiger partial charge >= 0.3 is 5.97 Å². The highest BCUT2D eigenvalue weighted by molar-refractivity contribution is 5.87. The first-order chi connectivity index (χ1) is 8.47. The molecule has 1 rings (SSSR count). The van der Waals surface area contributed by atoms with Crippen LogP contribution >= 0.6 is 0 Å². The lowest BCUT2D eigenvalue weighted by Gasteiger charge is -2.24. The number of hydrogen-bond donors (Lipinski definition) is 3. The zero-order chi connectivity index (χ0) is 13.7. The van der Waals surface area contributed by atoms with Crippen LogP contribution < -0.4 is 5.73 Å². The van der Waals surface area contributed by atoms with Crippen LogP contribution in [0.15, 0.2) is 0 Å². The molecular formula is C11H20N2O5. The topological polar surface area (TPSA) is 113 Å². The first-order valence-electron chi connectivity index (χ1n) is 5.93. The molecule has 0 aromatic rings. The third-order valence-electron chi connectivity index (χ3n) is 3.03. The van der Waals surface area contributed by atoms with Gasteiger partial charge in [-0.05, 0) is 12.8 Å². The predicted octanol–water partition coefficient (Wildman–Crippen LogP) is -1.21. The molecule has 1 unspecified atom stereocenters. The van der Waals surface area contributed by atoms with Crippen molar-refractivity contribution in [2.24, 2.45) is 5.73 Å². The van der Waals surface area contributed by atoms with Gasteiger partial charge in [-0.25, -0.2) is 4.79 Å². The highest BCUT2D eigenvalue weighted by Gasteiger charge is 2.40.